The quantitative estimate of drug-likeness (QED) is 0.689. The summed E-state index contributed by atoms with van der Waals surface area (Å²) >= 11 is 0. The van der Waals surface area contributed by atoms with Crippen LogP contribution in [0.25, 0.3) is 0 Å². The largest absolute Gasteiger partial charge is 0.301 e. The summed E-state index contributed by atoms with van der Waals surface area (Å²) < 4.78 is 0. The number of rotatable bonds is 2. The molecule has 2 unspecified atom stereocenters. The van der Waals surface area contributed by atoms with Crippen molar-refractivity contribution in [1.82, 2.24) is 4.90 Å². The zero-order valence-corrected chi connectivity index (χ0v) is 9.47. The van der Waals surface area contributed by atoms with Crippen LogP contribution >= 0.6 is 0 Å². The molecule has 1 aromatic carbocycles. The molecule has 0 spiro atoms. The maximum atomic E-state index is 11.2. The lowest BCUT2D eigenvalue weighted by molar-refractivity contribution is -0.113. The smallest absolute Gasteiger partial charge is 0.141 e. The molecule has 2 nitrogen and oxygen atoms in total. The van der Waals surface area contributed by atoms with Gasteiger partial charge in [-0.2, -0.15) is 0 Å². The summed E-state index contributed by atoms with van der Waals surface area (Å²) in [5, 5.41) is 0. The van der Waals surface area contributed by atoms with Crippen LogP contribution in [0.2, 0.25) is 0 Å². The van der Waals surface area contributed by atoms with E-state index in [-0.39, 0.29) is 6.04 Å². The Morgan fingerprint density at radius 3 is 2.40 bits per heavy atom. The van der Waals surface area contributed by atoms with Crippen LogP contribution < -0.4 is 0 Å². The predicted molar refractivity (Wildman–Crippen MR) is 60.6 cm³/mol. The molecule has 1 aliphatic heterocycles. The number of carbonyl (C=O) groups is 1. The SMILES string of the molecule is CC(C)N1C(C)c2ccccc2C1C=O. The number of benzene rings is 1. The summed E-state index contributed by atoms with van der Waals surface area (Å²) in [4.78, 5) is 13.5. The maximum absolute atomic E-state index is 11.2. The van der Waals surface area contributed by atoms with Crippen LogP contribution in [0, 0.1) is 0 Å². The minimum absolute atomic E-state index is 0.0591. The van der Waals surface area contributed by atoms with E-state index >= 15 is 0 Å². The van der Waals surface area contributed by atoms with Crippen molar-refractivity contribution in [2.24, 2.45) is 0 Å². The second-order valence-electron chi connectivity index (χ2n) is 4.43. The molecule has 1 aliphatic rings. The molecule has 2 atom stereocenters. The van der Waals surface area contributed by atoms with Gasteiger partial charge in [-0.3, -0.25) is 4.90 Å². The predicted octanol–water partition coefficient (Wildman–Crippen LogP) is 2.71. The van der Waals surface area contributed by atoms with E-state index in [2.05, 4.69) is 37.8 Å². The molecular weight excluding hydrogens is 186 g/mol. The van der Waals surface area contributed by atoms with Crippen LogP contribution in [0.4, 0.5) is 0 Å². The summed E-state index contributed by atoms with van der Waals surface area (Å²) in [5.74, 6) is 0. The third-order valence-electron chi connectivity index (χ3n) is 3.26. The van der Waals surface area contributed by atoms with Crippen LogP contribution in [-0.4, -0.2) is 17.2 Å². The summed E-state index contributed by atoms with van der Waals surface area (Å²) in [6.45, 7) is 6.44. The molecule has 0 aliphatic carbocycles. The Hall–Kier alpha value is -1.15. The third kappa shape index (κ3) is 1.49. The average Bonchev–Trinajstić information content (AvgIpc) is 2.52. The first kappa shape index (κ1) is 10.4. The molecule has 0 fully saturated rings. The van der Waals surface area contributed by atoms with E-state index in [0.717, 1.165) is 6.29 Å². The second-order valence-corrected chi connectivity index (χ2v) is 4.43. The van der Waals surface area contributed by atoms with Gasteiger partial charge < -0.3 is 4.79 Å². The zero-order valence-electron chi connectivity index (χ0n) is 9.47. The highest BCUT2D eigenvalue weighted by Gasteiger charge is 2.36. The number of hydrogen-bond acceptors (Lipinski definition) is 2. The van der Waals surface area contributed by atoms with Crippen LogP contribution in [0.1, 0.15) is 44.0 Å². The Labute approximate surface area is 90.9 Å². The van der Waals surface area contributed by atoms with E-state index in [0.29, 0.717) is 12.1 Å². The molecule has 1 aromatic rings. The van der Waals surface area contributed by atoms with E-state index in [1.807, 2.05) is 12.1 Å². The topological polar surface area (TPSA) is 20.3 Å². The summed E-state index contributed by atoms with van der Waals surface area (Å²) in [7, 11) is 0. The molecule has 2 rings (SSSR count). The van der Waals surface area contributed by atoms with Gasteiger partial charge in [0.1, 0.15) is 6.29 Å². The van der Waals surface area contributed by atoms with E-state index < -0.39 is 0 Å². The van der Waals surface area contributed by atoms with Crippen molar-refractivity contribution < 1.29 is 4.79 Å². The van der Waals surface area contributed by atoms with Crippen molar-refractivity contribution in [1.29, 1.82) is 0 Å². The number of aldehydes is 1. The minimum Gasteiger partial charge on any atom is -0.301 e. The molecule has 80 valence electrons. The first-order chi connectivity index (χ1) is 7.16. The zero-order chi connectivity index (χ0) is 11.0. The Balaban J connectivity index is 2.48. The highest BCUT2D eigenvalue weighted by Crippen LogP contribution is 2.41. The number of carbonyl (C=O) groups excluding carboxylic acids is 1. The van der Waals surface area contributed by atoms with Crippen molar-refractivity contribution in [3.05, 3.63) is 35.4 Å². The maximum Gasteiger partial charge on any atom is 0.141 e. The highest BCUT2D eigenvalue weighted by molar-refractivity contribution is 5.65. The Bertz CT molecular complexity index is 373. The van der Waals surface area contributed by atoms with Gasteiger partial charge in [0.25, 0.3) is 0 Å². The van der Waals surface area contributed by atoms with Gasteiger partial charge >= 0.3 is 0 Å². The van der Waals surface area contributed by atoms with Crippen molar-refractivity contribution in [2.45, 2.75) is 38.9 Å². The Kier molecular flexibility index (Phi) is 2.61. The molecule has 2 heteroatoms. The number of fused-ring (bicyclic) bond motifs is 1. The molecule has 0 saturated carbocycles. The standard InChI is InChI=1S/C13H17NO/c1-9(2)14-10(3)11-6-4-5-7-12(11)13(14)8-15/h4-10,13H,1-3H3. The monoisotopic (exact) mass is 203 g/mol. The molecule has 0 bridgehead atoms. The van der Waals surface area contributed by atoms with Crippen molar-refractivity contribution in [3.63, 3.8) is 0 Å². The molecule has 0 amide bonds. The number of hydrogen-bond donors (Lipinski definition) is 0. The highest BCUT2D eigenvalue weighted by atomic mass is 16.1. The van der Waals surface area contributed by atoms with Gasteiger partial charge in [-0.15, -0.1) is 0 Å². The molecule has 1 heterocycles. The molecule has 0 radical (unpaired) electrons. The minimum atomic E-state index is -0.0591. The van der Waals surface area contributed by atoms with Gasteiger partial charge in [0.05, 0.1) is 6.04 Å². The van der Waals surface area contributed by atoms with Crippen LogP contribution in [0.15, 0.2) is 24.3 Å². The molecular formula is C13H17NO. The second kappa shape index (κ2) is 3.78. The Morgan fingerprint density at radius 1 is 1.27 bits per heavy atom. The summed E-state index contributed by atoms with van der Waals surface area (Å²) in [6, 6.07) is 8.91. The van der Waals surface area contributed by atoms with Crippen molar-refractivity contribution >= 4 is 6.29 Å². The Morgan fingerprint density at radius 2 is 1.87 bits per heavy atom. The lowest BCUT2D eigenvalue weighted by Gasteiger charge is -2.29. The molecule has 0 aromatic heterocycles. The van der Waals surface area contributed by atoms with Crippen LogP contribution in [0.3, 0.4) is 0 Å². The lowest BCUT2D eigenvalue weighted by Crippen LogP contribution is -2.32. The van der Waals surface area contributed by atoms with Crippen molar-refractivity contribution in [3.8, 4) is 0 Å². The van der Waals surface area contributed by atoms with E-state index in [9.17, 15) is 4.79 Å². The fourth-order valence-corrected chi connectivity index (χ4v) is 2.63. The van der Waals surface area contributed by atoms with Crippen LogP contribution in [0.5, 0.6) is 0 Å². The van der Waals surface area contributed by atoms with Gasteiger partial charge in [0, 0.05) is 12.1 Å². The normalized spacial score (nSPS) is 25.6. The first-order valence-corrected chi connectivity index (χ1v) is 5.48. The molecule has 0 saturated heterocycles. The summed E-state index contributed by atoms with van der Waals surface area (Å²) in [6.07, 6.45) is 1.06. The summed E-state index contributed by atoms with van der Waals surface area (Å²) in [5.41, 5.74) is 2.47. The third-order valence-corrected chi connectivity index (χ3v) is 3.26. The fourth-order valence-electron chi connectivity index (χ4n) is 2.63. The van der Waals surface area contributed by atoms with Gasteiger partial charge in [-0.1, -0.05) is 24.3 Å². The van der Waals surface area contributed by atoms with E-state index in [1.54, 1.807) is 0 Å². The van der Waals surface area contributed by atoms with Crippen molar-refractivity contribution in [2.75, 3.05) is 0 Å². The lowest BCUT2D eigenvalue weighted by atomic mass is 10.0. The van der Waals surface area contributed by atoms with E-state index in [1.165, 1.54) is 11.1 Å². The average molecular weight is 203 g/mol. The fraction of sp³-hybridized carbons (Fsp3) is 0.462. The van der Waals surface area contributed by atoms with E-state index in [4.69, 9.17) is 0 Å². The molecule has 15 heavy (non-hydrogen) atoms. The first-order valence-electron chi connectivity index (χ1n) is 5.48. The van der Waals surface area contributed by atoms with Gasteiger partial charge in [-0.05, 0) is 31.9 Å². The van der Waals surface area contributed by atoms with Crippen LogP contribution in [-0.2, 0) is 4.79 Å². The molecule has 0 N–H and O–H groups in total. The van der Waals surface area contributed by atoms with Gasteiger partial charge in [0.15, 0.2) is 0 Å². The number of nitrogens with zero attached hydrogens (tertiary/aromatic N) is 1. The van der Waals surface area contributed by atoms with Gasteiger partial charge in [0.2, 0.25) is 0 Å². The van der Waals surface area contributed by atoms with Gasteiger partial charge in [-0.25, -0.2) is 0 Å².